The molecule has 1 unspecified atom stereocenters. The quantitative estimate of drug-likeness (QED) is 0.552. The number of hydrogen-bond donors (Lipinski definition) is 0. The van der Waals surface area contributed by atoms with E-state index in [0.29, 0.717) is 10.6 Å². The van der Waals surface area contributed by atoms with E-state index in [1.807, 2.05) is 13.0 Å². The first kappa shape index (κ1) is 10.5. The normalized spacial score (nSPS) is 11.2. The number of aliphatic imine (C=N–C) groups is 1. The van der Waals surface area contributed by atoms with Gasteiger partial charge in [0.2, 0.25) is 6.08 Å². The van der Waals surface area contributed by atoms with Crippen molar-refractivity contribution in [2.75, 3.05) is 0 Å². The first-order valence-electron chi connectivity index (χ1n) is 3.91. The van der Waals surface area contributed by atoms with E-state index in [9.17, 15) is 4.79 Å². The van der Waals surface area contributed by atoms with Gasteiger partial charge < -0.3 is 0 Å². The summed E-state index contributed by atoms with van der Waals surface area (Å²) >= 11 is 5.75. The molecule has 0 heterocycles. The molecule has 0 aliphatic heterocycles. The van der Waals surface area contributed by atoms with E-state index in [1.165, 1.54) is 6.08 Å². The van der Waals surface area contributed by atoms with Crippen LogP contribution in [0.1, 0.15) is 17.2 Å². The van der Waals surface area contributed by atoms with Gasteiger partial charge in [0.1, 0.15) is 0 Å². The van der Waals surface area contributed by atoms with Crippen molar-refractivity contribution in [3.05, 3.63) is 34.3 Å². The Morgan fingerprint density at radius 3 is 2.79 bits per heavy atom. The molecule has 0 spiro atoms. The fraction of sp³-hybridized carbons (Fsp3) is 0.200. The summed E-state index contributed by atoms with van der Waals surface area (Å²) in [6.07, 6.45) is 1.38. The van der Waals surface area contributed by atoms with Gasteiger partial charge in [0.15, 0.2) is 6.04 Å². The van der Waals surface area contributed by atoms with Crippen molar-refractivity contribution in [1.82, 2.24) is 0 Å². The highest BCUT2D eigenvalue weighted by Gasteiger charge is 2.11. The number of carbonyl (C=O) groups excluding carboxylic acids is 1. The van der Waals surface area contributed by atoms with Crippen molar-refractivity contribution in [3.63, 3.8) is 0 Å². The minimum atomic E-state index is -0.787. The lowest BCUT2D eigenvalue weighted by Crippen LogP contribution is -1.94. The minimum Gasteiger partial charge on any atom is -0.211 e. The molecule has 70 valence electrons. The van der Waals surface area contributed by atoms with Crippen LogP contribution in [0.5, 0.6) is 0 Å². The fourth-order valence-corrected chi connectivity index (χ4v) is 1.39. The topological polar surface area (TPSA) is 53.2 Å². The lowest BCUT2D eigenvalue weighted by molar-refractivity contribution is 0.561. The second-order valence-electron chi connectivity index (χ2n) is 2.75. The minimum absolute atomic E-state index is 0.595. The SMILES string of the molecule is Cc1cc(Cl)ccc1C(C#N)N=C=O. The molecule has 1 rings (SSSR count). The zero-order valence-corrected chi connectivity index (χ0v) is 8.25. The Morgan fingerprint density at radius 1 is 1.57 bits per heavy atom. The lowest BCUT2D eigenvalue weighted by atomic mass is 10.0. The zero-order valence-electron chi connectivity index (χ0n) is 7.49. The molecule has 0 saturated carbocycles. The molecule has 4 heteroatoms. The summed E-state index contributed by atoms with van der Waals surface area (Å²) in [5, 5.41) is 9.34. The number of halogens is 1. The van der Waals surface area contributed by atoms with Gasteiger partial charge in [-0.1, -0.05) is 17.7 Å². The number of hydrogen-bond acceptors (Lipinski definition) is 3. The number of isocyanates is 1. The van der Waals surface area contributed by atoms with Crippen molar-refractivity contribution in [2.45, 2.75) is 13.0 Å². The molecule has 1 aromatic carbocycles. The molecule has 0 bridgehead atoms. The van der Waals surface area contributed by atoms with E-state index in [2.05, 4.69) is 4.99 Å². The van der Waals surface area contributed by atoms with Gasteiger partial charge in [-0.3, -0.25) is 0 Å². The molecule has 0 radical (unpaired) electrons. The second-order valence-corrected chi connectivity index (χ2v) is 3.19. The van der Waals surface area contributed by atoms with Crippen LogP contribution in [0.15, 0.2) is 23.2 Å². The van der Waals surface area contributed by atoms with E-state index < -0.39 is 6.04 Å². The van der Waals surface area contributed by atoms with Gasteiger partial charge in [-0.25, -0.2) is 4.79 Å². The Labute approximate surface area is 86.6 Å². The van der Waals surface area contributed by atoms with Crippen LogP contribution >= 0.6 is 11.6 Å². The van der Waals surface area contributed by atoms with Crippen LogP contribution in [0.2, 0.25) is 5.02 Å². The molecule has 0 fully saturated rings. The Balaban J connectivity index is 3.18. The third kappa shape index (κ3) is 2.20. The van der Waals surface area contributed by atoms with E-state index in [4.69, 9.17) is 16.9 Å². The number of nitriles is 1. The van der Waals surface area contributed by atoms with Crippen LogP contribution in [-0.4, -0.2) is 6.08 Å². The Morgan fingerprint density at radius 2 is 2.29 bits per heavy atom. The fourth-order valence-electron chi connectivity index (χ4n) is 1.17. The summed E-state index contributed by atoms with van der Waals surface area (Å²) in [6.45, 7) is 1.81. The third-order valence-electron chi connectivity index (χ3n) is 1.83. The van der Waals surface area contributed by atoms with Gasteiger partial charge in [-0.05, 0) is 30.2 Å². The predicted octanol–water partition coefficient (Wildman–Crippen LogP) is 2.55. The Bertz CT molecular complexity index is 430. The standard InChI is InChI=1S/C10H7ClN2O/c1-7-4-8(11)2-3-9(7)10(5-12)13-6-14/h2-4,10H,1H3. The van der Waals surface area contributed by atoms with Gasteiger partial charge in [-0.2, -0.15) is 10.3 Å². The lowest BCUT2D eigenvalue weighted by Gasteiger charge is -2.06. The highest BCUT2D eigenvalue weighted by molar-refractivity contribution is 6.30. The van der Waals surface area contributed by atoms with Crippen molar-refractivity contribution >= 4 is 17.7 Å². The van der Waals surface area contributed by atoms with Crippen LogP contribution in [0.25, 0.3) is 0 Å². The summed E-state index contributed by atoms with van der Waals surface area (Å²) < 4.78 is 0. The van der Waals surface area contributed by atoms with Crippen molar-refractivity contribution < 1.29 is 4.79 Å². The molecule has 0 N–H and O–H groups in total. The second kappa shape index (κ2) is 4.57. The molecule has 0 saturated heterocycles. The number of benzene rings is 1. The van der Waals surface area contributed by atoms with Crippen LogP contribution in [0.4, 0.5) is 0 Å². The molecule has 1 aromatic rings. The molecule has 0 aliphatic carbocycles. The van der Waals surface area contributed by atoms with Crippen molar-refractivity contribution in [3.8, 4) is 6.07 Å². The molecule has 3 nitrogen and oxygen atoms in total. The number of aryl methyl sites for hydroxylation is 1. The van der Waals surface area contributed by atoms with Crippen molar-refractivity contribution in [2.24, 2.45) is 4.99 Å². The van der Waals surface area contributed by atoms with E-state index in [0.717, 1.165) is 5.56 Å². The van der Waals surface area contributed by atoms with Crippen molar-refractivity contribution in [1.29, 1.82) is 5.26 Å². The van der Waals surface area contributed by atoms with E-state index in [1.54, 1.807) is 18.2 Å². The molecule has 0 aromatic heterocycles. The van der Waals surface area contributed by atoms with Crippen LogP contribution in [0.3, 0.4) is 0 Å². The Hall–Kier alpha value is -1.62. The maximum Gasteiger partial charge on any atom is 0.236 e. The molecule has 1 atom stereocenters. The molecular weight excluding hydrogens is 200 g/mol. The van der Waals surface area contributed by atoms with Crippen LogP contribution in [-0.2, 0) is 4.79 Å². The van der Waals surface area contributed by atoms with E-state index in [-0.39, 0.29) is 0 Å². The average molecular weight is 207 g/mol. The molecule has 0 aliphatic rings. The highest BCUT2D eigenvalue weighted by atomic mass is 35.5. The molecule has 14 heavy (non-hydrogen) atoms. The first-order valence-corrected chi connectivity index (χ1v) is 4.29. The highest BCUT2D eigenvalue weighted by Crippen LogP contribution is 2.23. The first-order chi connectivity index (χ1) is 6.69. The Kier molecular flexibility index (Phi) is 3.41. The van der Waals surface area contributed by atoms with Gasteiger partial charge in [0.05, 0.1) is 6.07 Å². The third-order valence-corrected chi connectivity index (χ3v) is 2.07. The maximum atomic E-state index is 10.1. The predicted molar refractivity (Wildman–Crippen MR) is 52.7 cm³/mol. The summed E-state index contributed by atoms with van der Waals surface area (Å²) in [5.74, 6) is 0. The van der Waals surface area contributed by atoms with Gasteiger partial charge in [0, 0.05) is 5.02 Å². The van der Waals surface area contributed by atoms with Gasteiger partial charge in [0.25, 0.3) is 0 Å². The molecular formula is C10H7ClN2O. The largest absolute Gasteiger partial charge is 0.236 e. The zero-order chi connectivity index (χ0) is 10.6. The van der Waals surface area contributed by atoms with E-state index >= 15 is 0 Å². The average Bonchev–Trinajstić information content (AvgIpc) is 2.15. The summed E-state index contributed by atoms with van der Waals surface area (Å²) in [6, 6.07) is 6.19. The summed E-state index contributed by atoms with van der Waals surface area (Å²) in [7, 11) is 0. The van der Waals surface area contributed by atoms with Gasteiger partial charge >= 0.3 is 0 Å². The van der Waals surface area contributed by atoms with Gasteiger partial charge in [-0.15, -0.1) is 0 Å². The maximum absolute atomic E-state index is 10.1. The molecule has 0 amide bonds. The van der Waals surface area contributed by atoms with Crippen LogP contribution < -0.4 is 0 Å². The summed E-state index contributed by atoms with van der Waals surface area (Å²) in [5.41, 5.74) is 1.52. The van der Waals surface area contributed by atoms with Crippen LogP contribution in [0, 0.1) is 18.3 Å². The monoisotopic (exact) mass is 206 g/mol. The number of nitrogens with zero attached hydrogens (tertiary/aromatic N) is 2. The number of rotatable bonds is 2. The summed E-state index contributed by atoms with van der Waals surface area (Å²) in [4.78, 5) is 13.5. The smallest absolute Gasteiger partial charge is 0.211 e.